The molecule has 9 heteroatoms. The van der Waals surface area contributed by atoms with Crippen LogP contribution >= 0.6 is 0 Å². The van der Waals surface area contributed by atoms with E-state index in [1.807, 2.05) is 23.6 Å². The SMILES string of the molecule is CC(=O)N1CCN(C(=O)c2nc(C(=O)NCCN(C)C)c3n2CCCC3)CC1. The second kappa shape index (κ2) is 8.72. The van der Waals surface area contributed by atoms with Crippen LogP contribution in [-0.4, -0.2) is 95.3 Å². The molecule has 3 heterocycles. The molecule has 0 atom stereocenters. The molecule has 1 aromatic heterocycles. The van der Waals surface area contributed by atoms with Crippen LogP contribution in [0.3, 0.4) is 0 Å². The predicted molar refractivity (Wildman–Crippen MR) is 104 cm³/mol. The van der Waals surface area contributed by atoms with E-state index in [0.29, 0.717) is 50.8 Å². The molecule has 3 rings (SSSR count). The Morgan fingerprint density at radius 1 is 1.04 bits per heavy atom. The van der Waals surface area contributed by atoms with Crippen molar-refractivity contribution in [2.75, 3.05) is 53.4 Å². The lowest BCUT2D eigenvalue weighted by atomic mass is 10.1. The van der Waals surface area contributed by atoms with Crippen LogP contribution in [0.2, 0.25) is 0 Å². The van der Waals surface area contributed by atoms with Gasteiger partial charge in [-0.05, 0) is 33.4 Å². The van der Waals surface area contributed by atoms with Gasteiger partial charge in [-0.1, -0.05) is 0 Å². The summed E-state index contributed by atoms with van der Waals surface area (Å²) in [6.45, 7) is 5.59. The molecule has 2 aliphatic heterocycles. The van der Waals surface area contributed by atoms with Crippen molar-refractivity contribution in [2.45, 2.75) is 32.7 Å². The molecule has 0 radical (unpaired) electrons. The molecule has 0 saturated carbocycles. The van der Waals surface area contributed by atoms with Crippen molar-refractivity contribution >= 4 is 17.7 Å². The summed E-state index contributed by atoms with van der Waals surface area (Å²) in [5.41, 5.74) is 1.24. The molecule has 1 aromatic rings. The van der Waals surface area contributed by atoms with E-state index in [0.717, 1.165) is 31.5 Å². The molecule has 0 unspecified atom stereocenters. The Bertz CT molecular complexity index is 749. The molecular weight excluding hydrogens is 360 g/mol. The van der Waals surface area contributed by atoms with Crippen molar-refractivity contribution < 1.29 is 14.4 Å². The summed E-state index contributed by atoms with van der Waals surface area (Å²) in [4.78, 5) is 47.2. The van der Waals surface area contributed by atoms with Gasteiger partial charge in [0.2, 0.25) is 5.91 Å². The summed E-state index contributed by atoms with van der Waals surface area (Å²) in [5, 5.41) is 2.90. The van der Waals surface area contributed by atoms with Crippen LogP contribution in [0.15, 0.2) is 0 Å². The van der Waals surface area contributed by atoms with Crippen molar-refractivity contribution in [1.29, 1.82) is 0 Å². The third-order valence-corrected chi connectivity index (χ3v) is 5.38. The maximum atomic E-state index is 13.1. The lowest BCUT2D eigenvalue weighted by Gasteiger charge is -2.34. The highest BCUT2D eigenvalue weighted by Crippen LogP contribution is 2.22. The third-order valence-electron chi connectivity index (χ3n) is 5.38. The van der Waals surface area contributed by atoms with Gasteiger partial charge in [0, 0.05) is 52.7 Å². The number of amides is 3. The van der Waals surface area contributed by atoms with E-state index in [-0.39, 0.29) is 17.7 Å². The molecule has 9 nitrogen and oxygen atoms in total. The number of aromatic nitrogens is 2. The van der Waals surface area contributed by atoms with Crippen LogP contribution in [0.1, 0.15) is 46.6 Å². The molecule has 0 aliphatic carbocycles. The average molecular weight is 390 g/mol. The quantitative estimate of drug-likeness (QED) is 0.753. The summed E-state index contributed by atoms with van der Waals surface area (Å²) in [6.07, 6.45) is 2.73. The summed E-state index contributed by atoms with van der Waals surface area (Å²) < 4.78 is 1.92. The molecule has 0 aromatic carbocycles. The highest BCUT2D eigenvalue weighted by atomic mass is 16.2. The van der Waals surface area contributed by atoms with E-state index in [4.69, 9.17) is 0 Å². The van der Waals surface area contributed by atoms with E-state index >= 15 is 0 Å². The number of nitrogens with zero attached hydrogens (tertiary/aromatic N) is 5. The van der Waals surface area contributed by atoms with Gasteiger partial charge in [-0.25, -0.2) is 4.98 Å². The smallest absolute Gasteiger partial charge is 0.290 e. The van der Waals surface area contributed by atoms with Gasteiger partial charge >= 0.3 is 0 Å². The Morgan fingerprint density at radius 3 is 2.36 bits per heavy atom. The van der Waals surface area contributed by atoms with Crippen molar-refractivity contribution in [1.82, 2.24) is 29.6 Å². The van der Waals surface area contributed by atoms with Gasteiger partial charge in [0.05, 0.1) is 5.69 Å². The molecular formula is C19H30N6O3. The number of hydrogen-bond acceptors (Lipinski definition) is 5. The fourth-order valence-corrected chi connectivity index (χ4v) is 3.73. The molecule has 1 saturated heterocycles. The summed E-state index contributed by atoms with van der Waals surface area (Å²) >= 11 is 0. The normalized spacial score (nSPS) is 16.9. The maximum absolute atomic E-state index is 13.1. The number of nitrogens with one attached hydrogen (secondary N) is 1. The Hall–Kier alpha value is -2.42. The van der Waals surface area contributed by atoms with Gasteiger partial charge in [0.25, 0.3) is 11.8 Å². The zero-order chi connectivity index (χ0) is 20.3. The molecule has 0 bridgehead atoms. The van der Waals surface area contributed by atoms with Gasteiger partial charge in [0.1, 0.15) is 5.69 Å². The van der Waals surface area contributed by atoms with Crippen LogP contribution in [0.25, 0.3) is 0 Å². The van der Waals surface area contributed by atoms with E-state index in [9.17, 15) is 14.4 Å². The van der Waals surface area contributed by atoms with E-state index in [2.05, 4.69) is 10.3 Å². The number of rotatable bonds is 5. The lowest BCUT2D eigenvalue weighted by molar-refractivity contribution is -0.130. The largest absolute Gasteiger partial charge is 0.349 e. The second-order valence-corrected chi connectivity index (χ2v) is 7.70. The fraction of sp³-hybridized carbons (Fsp3) is 0.684. The first-order valence-corrected chi connectivity index (χ1v) is 9.95. The molecule has 2 aliphatic rings. The minimum atomic E-state index is -0.215. The molecule has 154 valence electrons. The number of likely N-dealkylation sites (N-methyl/N-ethyl adjacent to an activating group) is 1. The van der Waals surface area contributed by atoms with Crippen LogP contribution in [0, 0.1) is 0 Å². The van der Waals surface area contributed by atoms with Gasteiger partial charge in [0.15, 0.2) is 5.82 Å². The zero-order valence-electron chi connectivity index (χ0n) is 17.0. The number of carbonyl (C=O) groups is 3. The highest BCUT2D eigenvalue weighted by Gasteiger charge is 2.31. The Balaban J connectivity index is 1.76. The minimum Gasteiger partial charge on any atom is -0.349 e. The number of carbonyl (C=O) groups excluding carboxylic acids is 3. The summed E-state index contributed by atoms with van der Waals surface area (Å²) in [6, 6.07) is 0. The van der Waals surface area contributed by atoms with E-state index in [1.165, 1.54) is 0 Å². The first-order chi connectivity index (χ1) is 13.4. The lowest BCUT2D eigenvalue weighted by Crippen LogP contribution is -2.50. The predicted octanol–water partition coefficient (Wildman–Crippen LogP) is -0.185. The standard InChI is InChI=1S/C19H30N6O3/c1-14(26)23-10-12-24(13-11-23)19(28)17-21-16(15-6-4-5-8-25(15)17)18(27)20-7-9-22(2)3/h4-13H2,1-3H3,(H,20,27). The van der Waals surface area contributed by atoms with Crippen LogP contribution in [0.4, 0.5) is 0 Å². The van der Waals surface area contributed by atoms with E-state index in [1.54, 1.807) is 16.7 Å². The van der Waals surface area contributed by atoms with E-state index < -0.39 is 0 Å². The molecule has 1 N–H and O–H groups in total. The van der Waals surface area contributed by atoms with Crippen molar-refractivity contribution in [3.63, 3.8) is 0 Å². The first-order valence-electron chi connectivity index (χ1n) is 9.95. The molecule has 28 heavy (non-hydrogen) atoms. The Morgan fingerprint density at radius 2 is 1.71 bits per heavy atom. The van der Waals surface area contributed by atoms with Crippen LogP contribution < -0.4 is 5.32 Å². The summed E-state index contributed by atoms with van der Waals surface area (Å²) in [7, 11) is 3.90. The van der Waals surface area contributed by atoms with Gasteiger partial charge in [-0.2, -0.15) is 0 Å². The van der Waals surface area contributed by atoms with Crippen molar-refractivity contribution in [2.24, 2.45) is 0 Å². The first kappa shape index (κ1) is 20.3. The number of imidazole rings is 1. The van der Waals surface area contributed by atoms with Crippen molar-refractivity contribution in [3.8, 4) is 0 Å². The van der Waals surface area contributed by atoms with Crippen LogP contribution in [0.5, 0.6) is 0 Å². The third kappa shape index (κ3) is 4.35. The Kier molecular flexibility index (Phi) is 6.33. The van der Waals surface area contributed by atoms with Crippen molar-refractivity contribution in [3.05, 3.63) is 17.2 Å². The average Bonchev–Trinajstić information content (AvgIpc) is 3.07. The topological polar surface area (TPSA) is 90.8 Å². The van der Waals surface area contributed by atoms with Crippen LogP contribution in [-0.2, 0) is 17.8 Å². The second-order valence-electron chi connectivity index (χ2n) is 7.70. The van der Waals surface area contributed by atoms with Gasteiger partial charge in [-0.3, -0.25) is 14.4 Å². The number of hydrogen-bond donors (Lipinski definition) is 1. The molecule has 0 spiro atoms. The number of piperazine rings is 1. The summed E-state index contributed by atoms with van der Waals surface area (Å²) in [5.74, 6) is 0.0114. The zero-order valence-corrected chi connectivity index (χ0v) is 17.0. The minimum absolute atomic E-state index is 0.0296. The highest BCUT2D eigenvalue weighted by molar-refractivity contribution is 5.97. The Labute approximate surface area is 165 Å². The molecule has 1 fully saturated rings. The molecule has 3 amide bonds. The maximum Gasteiger partial charge on any atom is 0.290 e. The fourth-order valence-electron chi connectivity index (χ4n) is 3.73. The number of fused-ring (bicyclic) bond motifs is 1. The van der Waals surface area contributed by atoms with Gasteiger partial charge < -0.3 is 24.6 Å². The van der Waals surface area contributed by atoms with Gasteiger partial charge in [-0.15, -0.1) is 0 Å². The monoisotopic (exact) mass is 390 g/mol.